The summed E-state index contributed by atoms with van der Waals surface area (Å²) in [5.74, 6) is 0.778. The van der Waals surface area contributed by atoms with Crippen LogP contribution in [-0.4, -0.2) is 17.3 Å². The fraction of sp³-hybridized carbons (Fsp3) is 1.00. The minimum atomic E-state index is -0.481. The highest BCUT2D eigenvalue weighted by molar-refractivity contribution is 5.04. The molecule has 0 aromatic carbocycles. The maximum Gasteiger partial charge on any atom is 0.0716 e. The van der Waals surface area contributed by atoms with Crippen LogP contribution in [0.5, 0.6) is 0 Å². The van der Waals surface area contributed by atoms with E-state index in [1.165, 1.54) is 25.7 Å². The van der Waals surface area contributed by atoms with Crippen molar-refractivity contribution in [3.8, 4) is 0 Å². The molecule has 0 atom stereocenters. The Bertz CT molecular complexity index is 279. The molecule has 0 spiro atoms. The molecule has 3 N–H and O–H groups in total. The summed E-state index contributed by atoms with van der Waals surface area (Å²) in [4.78, 5) is 0. The molecule has 0 heterocycles. The van der Waals surface area contributed by atoms with E-state index in [9.17, 15) is 5.11 Å². The third kappa shape index (κ3) is 2.46. The molecular weight excluding hydrogens is 222 g/mol. The fourth-order valence-electron chi connectivity index (χ4n) is 4.03. The molecule has 2 saturated carbocycles. The zero-order valence-corrected chi connectivity index (χ0v) is 12.5. The molecule has 18 heavy (non-hydrogen) atoms. The fourth-order valence-corrected chi connectivity index (χ4v) is 4.03. The van der Waals surface area contributed by atoms with Gasteiger partial charge in [-0.05, 0) is 62.7 Å². The molecule has 0 aromatic heterocycles. The summed E-state index contributed by atoms with van der Waals surface area (Å²) < 4.78 is 0. The SMILES string of the molecule is CC1CCC(O)(C2(CN)CCC(C)(C)CC2)CC1. The number of rotatable bonds is 2. The summed E-state index contributed by atoms with van der Waals surface area (Å²) in [7, 11) is 0. The third-order valence-electron chi connectivity index (χ3n) is 6.04. The van der Waals surface area contributed by atoms with Crippen LogP contribution < -0.4 is 5.73 Å². The van der Waals surface area contributed by atoms with Gasteiger partial charge in [0.1, 0.15) is 0 Å². The summed E-state index contributed by atoms with van der Waals surface area (Å²) >= 11 is 0. The van der Waals surface area contributed by atoms with E-state index in [0.29, 0.717) is 12.0 Å². The Hall–Kier alpha value is -0.0800. The van der Waals surface area contributed by atoms with Crippen molar-refractivity contribution in [2.24, 2.45) is 22.5 Å². The molecule has 2 nitrogen and oxygen atoms in total. The summed E-state index contributed by atoms with van der Waals surface area (Å²) in [6, 6.07) is 0. The van der Waals surface area contributed by atoms with Crippen LogP contribution in [0.15, 0.2) is 0 Å². The normalized spacial score (nSPS) is 39.5. The van der Waals surface area contributed by atoms with E-state index in [0.717, 1.165) is 31.6 Å². The van der Waals surface area contributed by atoms with E-state index in [-0.39, 0.29) is 5.41 Å². The van der Waals surface area contributed by atoms with E-state index < -0.39 is 5.60 Å². The van der Waals surface area contributed by atoms with Gasteiger partial charge in [-0.3, -0.25) is 0 Å². The van der Waals surface area contributed by atoms with Gasteiger partial charge in [0.25, 0.3) is 0 Å². The molecule has 0 aromatic rings. The van der Waals surface area contributed by atoms with Crippen molar-refractivity contribution >= 4 is 0 Å². The van der Waals surface area contributed by atoms with Crippen LogP contribution in [0.2, 0.25) is 0 Å². The maximum atomic E-state index is 11.2. The van der Waals surface area contributed by atoms with Crippen molar-refractivity contribution in [1.29, 1.82) is 0 Å². The van der Waals surface area contributed by atoms with Gasteiger partial charge in [0.2, 0.25) is 0 Å². The minimum Gasteiger partial charge on any atom is -0.389 e. The van der Waals surface area contributed by atoms with E-state index in [2.05, 4.69) is 20.8 Å². The maximum absolute atomic E-state index is 11.2. The van der Waals surface area contributed by atoms with Gasteiger partial charge in [0.05, 0.1) is 5.60 Å². The second-order valence-electron chi connectivity index (χ2n) is 7.86. The largest absolute Gasteiger partial charge is 0.389 e. The summed E-state index contributed by atoms with van der Waals surface area (Å²) in [6.45, 7) is 7.66. The second-order valence-corrected chi connectivity index (χ2v) is 7.86. The quantitative estimate of drug-likeness (QED) is 0.791. The Morgan fingerprint density at radius 2 is 1.50 bits per heavy atom. The van der Waals surface area contributed by atoms with Crippen LogP contribution in [0.3, 0.4) is 0 Å². The smallest absolute Gasteiger partial charge is 0.0716 e. The third-order valence-corrected chi connectivity index (χ3v) is 6.04. The Kier molecular flexibility index (Phi) is 3.81. The Morgan fingerprint density at radius 1 is 1.00 bits per heavy atom. The van der Waals surface area contributed by atoms with Gasteiger partial charge in [0.15, 0.2) is 0 Å². The lowest BCUT2D eigenvalue weighted by molar-refractivity contribution is -0.137. The topological polar surface area (TPSA) is 46.2 Å². The lowest BCUT2D eigenvalue weighted by atomic mass is 9.54. The van der Waals surface area contributed by atoms with Crippen LogP contribution >= 0.6 is 0 Å². The Balaban J connectivity index is 2.13. The van der Waals surface area contributed by atoms with E-state index >= 15 is 0 Å². The first-order valence-corrected chi connectivity index (χ1v) is 7.75. The molecule has 0 bridgehead atoms. The lowest BCUT2D eigenvalue weighted by Gasteiger charge is -2.54. The van der Waals surface area contributed by atoms with Gasteiger partial charge in [0, 0.05) is 12.0 Å². The van der Waals surface area contributed by atoms with Gasteiger partial charge in [-0.2, -0.15) is 0 Å². The zero-order valence-electron chi connectivity index (χ0n) is 12.5. The van der Waals surface area contributed by atoms with Gasteiger partial charge in [-0.15, -0.1) is 0 Å². The number of hydrogen-bond donors (Lipinski definition) is 2. The van der Waals surface area contributed by atoms with E-state index in [4.69, 9.17) is 5.73 Å². The predicted molar refractivity (Wildman–Crippen MR) is 76.3 cm³/mol. The van der Waals surface area contributed by atoms with Gasteiger partial charge < -0.3 is 10.8 Å². The highest BCUT2D eigenvalue weighted by Crippen LogP contribution is 2.54. The molecule has 106 valence electrons. The molecule has 0 radical (unpaired) electrons. The van der Waals surface area contributed by atoms with Gasteiger partial charge >= 0.3 is 0 Å². The highest BCUT2D eigenvalue weighted by Gasteiger charge is 2.52. The molecule has 2 heteroatoms. The van der Waals surface area contributed by atoms with E-state index in [1.54, 1.807) is 0 Å². The number of nitrogens with two attached hydrogens (primary N) is 1. The molecule has 0 amide bonds. The molecule has 2 fully saturated rings. The summed E-state index contributed by atoms with van der Waals surface area (Å²) in [5.41, 5.74) is 6.08. The minimum absolute atomic E-state index is 0.00264. The van der Waals surface area contributed by atoms with E-state index in [1.807, 2.05) is 0 Å². The second kappa shape index (κ2) is 4.79. The van der Waals surface area contributed by atoms with Gasteiger partial charge in [-0.25, -0.2) is 0 Å². The van der Waals surface area contributed by atoms with Crippen molar-refractivity contribution < 1.29 is 5.11 Å². The number of hydrogen-bond acceptors (Lipinski definition) is 2. The molecule has 0 unspecified atom stereocenters. The molecule has 2 aliphatic carbocycles. The van der Waals surface area contributed by atoms with Crippen molar-refractivity contribution in [3.05, 3.63) is 0 Å². The Labute approximate surface area is 112 Å². The first kappa shape index (κ1) is 14.3. The Morgan fingerprint density at radius 3 is 1.94 bits per heavy atom. The standard InChI is InChI=1S/C16H31NO/c1-13-4-6-16(18,7-5-13)15(12-17)10-8-14(2,3)9-11-15/h13,18H,4-12,17H2,1-3H3. The average Bonchev–Trinajstić information content (AvgIpc) is 2.34. The van der Waals surface area contributed by atoms with Gasteiger partial charge in [-0.1, -0.05) is 20.8 Å². The monoisotopic (exact) mass is 253 g/mol. The lowest BCUT2D eigenvalue weighted by Crippen LogP contribution is -2.56. The average molecular weight is 253 g/mol. The first-order valence-electron chi connectivity index (χ1n) is 7.75. The summed E-state index contributed by atoms with van der Waals surface area (Å²) in [5, 5.41) is 11.2. The van der Waals surface area contributed by atoms with Crippen LogP contribution in [0.4, 0.5) is 0 Å². The molecule has 0 aliphatic heterocycles. The molecule has 2 rings (SSSR count). The van der Waals surface area contributed by atoms with Crippen molar-refractivity contribution in [2.75, 3.05) is 6.54 Å². The van der Waals surface area contributed by atoms with Crippen molar-refractivity contribution in [2.45, 2.75) is 77.7 Å². The van der Waals surface area contributed by atoms with Crippen molar-refractivity contribution in [3.63, 3.8) is 0 Å². The van der Waals surface area contributed by atoms with Crippen LogP contribution in [-0.2, 0) is 0 Å². The molecular formula is C16H31NO. The summed E-state index contributed by atoms with van der Waals surface area (Å²) in [6.07, 6.45) is 8.91. The molecule has 2 aliphatic rings. The zero-order chi connectivity index (χ0) is 13.4. The van der Waals surface area contributed by atoms with Crippen LogP contribution in [0, 0.1) is 16.7 Å². The van der Waals surface area contributed by atoms with Crippen LogP contribution in [0.25, 0.3) is 0 Å². The highest BCUT2D eigenvalue weighted by atomic mass is 16.3. The number of aliphatic hydroxyl groups is 1. The molecule has 0 saturated heterocycles. The predicted octanol–water partition coefficient (Wildman–Crippen LogP) is 3.47. The van der Waals surface area contributed by atoms with Crippen molar-refractivity contribution in [1.82, 2.24) is 0 Å². The first-order chi connectivity index (χ1) is 8.33. The van der Waals surface area contributed by atoms with Crippen LogP contribution in [0.1, 0.15) is 72.1 Å².